The maximum atomic E-state index is 12.7. The molecule has 42 heavy (non-hydrogen) atoms. The SMILES string of the molecule is CCCCCCCCCCOC(C)c1ccc(-c2ccc(OC(=O)c3ccc(CCCCCCCC)cc3)cc2)cc1. The van der Waals surface area contributed by atoms with Crippen molar-refractivity contribution in [3.63, 3.8) is 0 Å². The van der Waals surface area contributed by atoms with Crippen LogP contribution in [0.5, 0.6) is 5.75 Å². The van der Waals surface area contributed by atoms with E-state index in [1.54, 1.807) is 0 Å². The summed E-state index contributed by atoms with van der Waals surface area (Å²) in [7, 11) is 0. The first-order chi connectivity index (χ1) is 20.6. The molecule has 3 aromatic rings. The van der Waals surface area contributed by atoms with Crippen LogP contribution in [-0.2, 0) is 11.2 Å². The van der Waals surface area contributed by atoms with Gasteiger partial charge in [0.25, 0.3) is 0 Å². The number of esters is 1. The van der Waals surface area contributed by atoms with E-state index in [4.69, 9.17) is 9.47 Å². The van der Waals surface area contributed by atoms with E-state index in [1.807, 2.05) is 36.4 Å². The molecule has 1 unspecified atom stereocenters. The molecule has 0 radical (unpaired) electrons. The van der Waals surface area contributed by atoms with Gasteiger partial charge in [0.1, 0.15) is 5.75 Å². The van der Waals surface area contributed by atoms with Crippen molar-refractivity contribution in [2.75, 3.05) is 6.61 Å². The molecule has 0 aromatic heterocycles. The molecule has 0 fully saturated rings. The molecule has 3 heteroatoms. The van der Waals surface area contributed by atoms with E-state index in [9.17, 15) is 4.79 Å². The Morgan fingerprint density at radius 3 is 1.67 bits per heavy atom. The molecule has 1 atom stereocenters. The molecule has 228 valence electrons. The van der Waals surface area contributed by atoms with E-state index in [-0.39, 0.29) is 12.1 Å². The zero-order valence-electron chi connectivity index (χ0n) is 26.5. The fourth-order valence-corrected chi connectivity index (χ4v) is 5.34. The minimum atomic E-state index is -0.320. The molecule has 3 aromatic carbocycles. The van der Waals surface area contributed by atoms with Crippen LogP contribution in [-0.4, -0.2) is 12.6 Å². The minimum absolute atomic E-state index is 0.0926. The molecule has 0 saturated carbocycles. The highest BCUT2D eigenvalue weighted by atomic mass is 16.5. The summed E-state index contributed by atoms with van der Waals surface area (Å²) in [5.41, 5.74) is 5.28. The van der Waals surface area contributed by atoms with Crippen LogP contribution in [0.15, 0.2) is 72.8 Å². The average molecular weight is 571 g/mol. The Balaban J connectivity index is 1.38. The van der Waals surface area contributed by atoms with Gasteiger partial charge in [-0.15, -0.1) is 0 Å². The number of benzene rings is 3. The van der Waals surface area contributed by atoms with Crippen LogP contribution < -0.4 is 4.74 Å². The Kier molecular flexibility index (Phi) is 16.1. The van der Waals surface area contributed by atoms with Crippen LogP contribution in [0.25, 0.3) is 11.1 Å². The van der Waals surface area contributed by atoms with Gasteiger partial charge in [-0.2, -0.15) is 0 Å². The fraction of sp³-hybridized carbons (Fsp3) is 0.513. The van der Waals surface area contributed by atoms with Crippen LogP contribution in [0.2, 0.25) is 0 Å². The van der Waals surface area contributed by atoms with Crippen molar-refractivity contribution in [3.05, 3.63) is 89.5 Å². The predicted molar refractivity (Wildman–Crippen MR) is 177 cm³/mol. The summed E-state index contributed by atoms with van der Waals surface area (Å²) in [5, 5.41) is 0. The Hall–Kier alpha value is -2.91. The number of hydrogen-bond donors (Lipinski definition) is 0. The summed E-state index contributed by atoms with van der Waals surface area (Å²) in [4.78, 5) is 12.7. The van der Waals surface area contributed by atoms with Gasteiger partial charge in [-0.3, -0.25) is 0 Å². The Labute approximate surface area is 256 Å². The standard InChI is InChI=1S/C39H54O3/c1-4-6-8-10-12-13-15-17-31-41-32(3)34-23-25-35(26-24-34)36-27-29-38(30-28-36)42-39(40)37-21-19-33(20-22-37)18-16-14-11-9-7-5-2/h19-30,32H,4-18,31H2,1-3H3. The van der Waals surface area contributed by atoms with Crippen LogP contribution in [0.3, 0.4) is 0 Å². The lowest BCUT2D eigenvalue weighted by Gasteiger charge is -2.14. The Morgan fingerprint density at radius 1 is 0.595 bits per heavy atom. The highest BCUT2D eigenvalue weighted by molar-refractivity contribution is 5.91. The lowest BCUT2D eigenvalue weighted by molar-refractivity contribution is 0.0627. The van der Waals surface area contributed by atoms with Crippen molar-refractivity contribution in [3.8, 4) is 16.9 Å². The Bertz CT molecular complexity index is 1120. The molecule has 0 amide bonds. The zero-order chi connectivity index (χ0) is 29.8. The molecular formula is C39H54O3. The van der Waals surface area contributed by atoms with Gasteiger partial charge in [0.05, 0.1) is 11.7 Å². The molecule has 0 aliphatic heterocycles. The molecule has 0 heterocycles. The summed E-state index contributed by atoms with van der Waals surface area (Å²) in [6.07, 6.45) is 19.4. The molecule has 0 aliphatic rings. The molecule has 3 rings (SSSR count). The highest BCUT2D eigenvalue weighted by Crippen LogP contribution is 2.26. The van der Waals surface area contributed by atoms with Gasteiger partial charge in [-0.05, 0) is 72.7 Å². The third kappa shape index (κ3) is 12.5. The number of hydrogen-bond acceptors (Lipinski definition) is 3. The van der Waals surface area contributed by atoms with Crippen LogP contribution in [0, 0.1) is 0 Å². The van der Waals surface area contributed by atoms with E-state index in [0.717, 1.165) is 30.6 Å². The van der Waals surface area contributed by atoms with E-state index in [2.05, 4.69) is 57.2 Å². The van der Waals surface area contributed by atoms with Crippen molar-refractivity contribution in [2.45, 2.75) is 123 Å². The molecule has 0 aliphatic carbocycles. The number of unbranched alkanes of at least 4 members (excludes halogenated alkanes) is 12. The summed E-state index contributed by atoms with van der Waals surface area (Å²) in [5.74, 6) is 0.235. The summed E-state index contributed by atoms with van der Waals surface area (Å²) in [6.45, 7) is 7.46. The summed E-state index contributed by atoms with van der Waals surface area (Å²) < 4.78 is 11.7. The van der Waals surface area contributed by atoms with Gasteiger partial charge in [0.15, 0.2) is 0 Å². The molecular weight excluding hydrogens is 516 g/mol. The van der Waals surface area contributed by atoms with Crippen LogP contribution >= 0.6 is 0 Å². The maximum Gasteiger partial charge on any atom is 0.343 e. The minimum Gasteiger partial charge on any atom is -0.423 e. The third-order valence-corrected chi connectivity index (χ3v) is 8.15. The zero-order valence-corrected chi connectivity index (χ0v) is 26.5. The third-order valence-electron chi connectivity index (χ3n) is 8.15. The van der Waals surface area contributed by atoms with Gasteiger partial charge >= 0.3 is 5.97 Å². The van der Waals surface area contributed by atoms with Gasteiger partial charge in [0.2, 0.25) is 0 Å². The quantitative estimate of drug-likeness (QED) is 0.0726. The Morgan fingerprint density at radius 2 is 1.10 bits per heavy atom. The van der Waals surface area contributed by atoms with Crippen molar-refractivity contribution >= 4 is 5.97 Å². The normalized spacial score (nSPS) is 11.9. The van der Waals surface area contributed by atoms with Gasteiger partial charge in [0, 0.05) is 6.61 Å². The first kappa shape index (κ1) is 33.6. The van der Waals surface area contributed by atoms with E-state index < -0.39 is 0 Å². The summed E-state index contributed by atoms with van der Waals surface area (Å²) >= 11 is 0. The van der Waals surface area contributed by atoms with Gasteiger partial charge in [-0.1, -0.05) is 139 Å². The second kappa shape index (κ2) is 20.1. The largest absolute Gasteiger partial charge is 0.423 e. The highest BCUT2D eigenvalue weighted by Gasteiger charge is 2.10. The molecule has 3 nitrogen and oxygen atoms in total. The fourth-order valence-electron chi connectivity index (χ4n) is 5.34. The van der Waals surface area contributed by atoms with E-state index in [0.29, 0.717) is 11.3 Å². The van der Waals surface area contributed by atoms with Crippen molar-refractivity contribution < 1.29 is 14.3 Å². The van der Waals surface area contributed by atoms with Gasteiger partial charge < -0.3 is 9.47 Å². The van der Waals surface area contributed by atoms with E-state index in [1.165, 1.54) is 94.6 Å². The number of carbonyl (C=O) groups is 1. The average Bonchev–Trinajstić information content (AvgIpc) is 3.02. The lowest BCUT2D eigenvalue weighted by Crippen LogP contribution is -2.08. The molecule has 0 N–H and O–H groups in total. The monoisotopic (exact) mass is 570 g/mol. The summed E-state index contributed by atoms with van der Waals surface area (Å²) in [6, 6.07) is 24.2. The second-order valence-corrected chi connectivity index (χ2v) is 11.7. The second-order valence-electron chi connectivity index (χ2n) is 11.7. The first-order valence-electron chi connectivity index (χ1n) is 16.7. The number of carbonyl (C=O) groups excluding carboxylic acids is 1. The molecule has 0 spiro atoms. The van der Waals surface area contributed by atoms with Crippen LogP contribution in [0.4, 0.5) is 0 Å². The number of ether oxygens (including phenoxy) is 2. The predicted octanol–water partition coefficient (Wildman–Crippen LogP) is 11.7. The number of rotatable bonds is 21. The van der Waals surface area contributed by atoms with Crippen LogP contribution in [0.1, 0.15) is 138 Å². The topological polar surface area (TPSA) is 35.5 Å². The molecule has 0 bridgehead atoms. The van der Waals surface area contributed by atoms with Crippen molar-refractivity contribution in [1.29, 1.82) is 0 Å². The van der Waals surface area contributed by atoms with Crippen molar-refractivity contribution in [2.24, 2.45) is 0 Å². The van der Waals surface area contributed by atoms with Crippen molar-refractivity contribution in [1.82, 2.24) is 0 Å². The van der Waals surface area contributed by atoms with Gasteiger partial charge in [-0.25, -0.2) is 4.79 Å². The smallest absolute Gasteiger partial charge is 0.343 e. The number of aryl methyl sites for hydroxylation is 1. The first-order valence-corrected chi connectivity index (χ1v) is 16.7. The molecule has 0 saturated heterocycles. The maximum absolute atomic E-state index is 12.7. The van der Waals surface area contributed by atoms with E-state index >= 15 is 0 Å². The lowest BCUT2D eigenvalue weighted by atomic mass is 10.0.